The van der Waals surface area contributed by atoms with E-state index in [1.807, 2.05) is 25.1 Å². The Morgan fingerprint density at radius 2 is 2.15 bits per heavy atom. The van der Waals surface area contributed by atoms with Gasteiger partial charge in [0.2, 0.25) is 0 Å². The molecule has 4 nitrogen and oxygen atoms in total. The zero-order chi connectivity index (χ0) is 14.1. The Morgan fingerprint density at radius 1 is 1.30 bits per heavy atom. The van der Waals surface area contributed by atoms with E-state index >= 15 is 0 Å². The molecular formula is C16H18N2O2. The summed E-state index contributed by atoms with van der Waals surface area (Å²) in [6.07, 6.45) is 2.18. The maximum absolute atomic E-state index is 12.2. The number of fused-ring (bicyclic) bond motifs is 1. The molecule has 2 aromatic rings. The van der Waals surface area contributed by atoms with Gasteiger partial charge in [0.05, 0.1) is 5.56 Å². The second-order valence-electron chi connectivity index (χ2n) is 5.18. The summed E-state index contributed by atoms with van der Waals surface area (Å²) in [5.41, 5.74) is 3.85. The fourth-order valence-electron chi connectivity index (χ4n) is 2.61. The third kappa shape index (κ3) is 2.41. The van der Waals surface area contributed by atoms with Gasteiger partial charge in [-0.1, -0.05) is 0 Å². The van der Waals surface area contributed by atoms with Crippen LogP contribution in [-0.4, -0.2) is 12.5 Å². The number of nitrogens with one attached hydrogen (secondary N) is 2. The number of anilines is 2. The molecule has 20 heavy (non-hydrogen) atoms. The average Bonchev–Trinajstić information content (AvgIpc) is 2.78. The van der Waals surface area contributed by atoms with Gasteiger partial charge in [-0.25, -0.2) is 0 Å². The number of hydrogen-bond acceptors (Lipinski definition) is 3. The number of carbonyl (C=O) groups is 1. The lowest BCUT2D eigenvalue weighted by atomic mass is 10.0. The van der Waals surface area contributed by atoms with E-state index in [1.54, 1.807) is 13.0 Å². The molecule has 0 fully saturated rings. The number of hydrogen-bond donors (Lipinski definition) is 2. The molecule has 0 saturated carbocycles. The summed E-state index contributed by atoms with van der Waals surface area (Å²) in [6, 6.07) is 7.77. The van der Waals surface area contributed by atoms with Crippen LogP contribution in [0.5, 0.6) is 0 Å². The molecule has 0 saturated heterocycles. The fourth-order valence-corrected chi connectivity index (χ4v) is 2.61. The lowest BCUT2D eigenvalue weighted by Gasteiger charge is -2.18. The minimum Gasteiger partial charge on any atom is -0.466 e. The monoisotopic (exact) mass is 270 g/mol. The van der Waals surface area contributed by atoms with E-state index in [9.17, 15) is 4.79 Å². The summed E-state index contributed by atoms with van der Waals surface area (Å²) in [5, 5.41) is 6.30. The van der Waals surface area contributed by atoms with Crippen LogP contribution in [0.3, 0.4) is 0 Å². The van der Waals surface area contributed by atoms with Crippen LogP contribution in [0, 0.1) is 13.8 Å². The van der Waals surface area contributed by atoms with Gasteiger partial charge in [-0.2, -0.15) is 0 Å². The van der Waals surface area contributed by atoms with Gasteiger partial charge in [0, 0.05) is 17.9 Å². The Morgan fingerprint density at radius 3 is 2.90 bits per heavy atom. The summed E-state index contributed by atoms with van der Waals surface area (Å²) >= 11 is 0. The third-order valence-electron chi connectivity index (χ3n) is 3.59. The van der Waals surface area contributed by atoms with Gasteiger partial charge in [0.1, 0.15) is 11.5 Å². The van der Waals surface area contributed by atoms with Crippen LogP contribution < -0.4 is 10.6 Å². The van der Waals surface area contributed by atoms with E-state index in [4.69, 9.17) is 4.42 Å². The first-order valence-electron chi connectivity index (χ1n) is 6.88. The Hall–Kier alpha value is -2.23. The first-order chi connectivity index (χ1) is 9.63. The number of aryl methyl sites for hydroxylation is 3. The Bertz CT molecular complexity index is 658. The van der Waals surface area contributed by atoms with Crippen LogP contribution in [0.2, 0.25) is 0 Å². The first-order valence-corrected chi connectivity index (χ1v) is 6.88. The number of rotatable bonds is 2. The van der Waals surface area contributed by atoms with Gasteiger partial charge in [-0.3, -0.25) is 4.79 Å². The topological polar surface area (TPSA) is 54.3 Å². The summed E-state index contributed by atoms with van der Waals surface area (Å²) in [6.45, 7) is 4.67. The van der Waals surface area contributed by atoms with E-state index < -0.39 is 0 Å². The fraction of sp³-hybridized carbons (Fsp3) is 0.312. The molecule has 2 N–H and O–H groups in total. The van der Waals surface area contributed by atoms with Crippen molar-refractivity contribution in [1.29, 1.82) is 0 Å². The van der Waals surface area contributed by atoms with Gasteiger partial charge in [0.15, 0.2) is 0 Å². The van der Waals surface area contributed by atoms with Gasteiger partial charge >= 0.3 is 0 Å². The summed E-state index contributed by atoms with van der Waals surface area (Å²) in [4.78, 5) is 12.2. The predicted molar refractivity (Wildman–Crippen MR) is 79.4 cm³/mol. The van der Waals surface area contributed by atoms with Crippen molar-refractivity contribution in [1.82, 2.24) is 0 Å². The Labute approximate surface area is 118 Å². The number of amides is 1. The van der Waals surface area contributed by atoms with E-state index in [2.05, 4.69) is 10.6 Å². The minimum atomic E-state index is -0.122. The van der Waals surface area contributed by atoms with Crippen molar-refractivity contribution in [2.24, 2.45) is 0 Å². The smallest absolute Gasteiger partial charge is 0.259 e. The predicted octanol–water partition coefficient (Wildman–Crippen LogP) is 3.51. The molecule has 0 atom stereocenters. The van der Waals surface area contributed by atoms with Crippen LogP contribution in [0.15, 0.2) is 28.7 Å². The quantitative estimate of drug-likeness (QED) is 0.878. The number of carbonyl (C=O) groups excluding carboxylic acids is 1. The lowest BCUT2D eigenvalue weighted by molar-refractivity contribution is 0.102. The molecule has 1 aromatic heterocycles. The van der Waals surface area contributed by atoms with Crippen molar-refractivity contribution in [3.63, 3.8) is 0 Å². The largest absolute Gasteiger partial charge is 0.466 e. The van der Waals surface area contributed by atoms with Crippen LogP contribution in [0.1, 0.15) is 33.9 Å². The highest BCUT2D eigenvalue weighted by molar-refractivity contribution is 6.05. The highest BCUT2D eigenvalue weighted by Gasteiger charge is 2.15. The first kappa shape index (κ1) is 12.8. The van der Waals surface area contributed by atoms with Crippen molar-refractivity contribution in [2.75, 3.05) is 17.2 Å². The molecule has 0 radical (unpaired) electrons. The molecule has 104 valence electrons. The zero-order valence-corrected chi connectivity index (χ0v) is 11.7. The van der Waals surface area contributed by atoms with Crippen LogP contribution in [0.25, 0.3) is 0 Å². The lowest BCUT2D eigenvalue weighted by Crippen LogP contribution is -2.14. The summed E-state index contributed by atoms with van der Waals surface area (Å²) in [7, 11) is 0. The average molecular weight is 270 g/mol. The Kier molecular flexibility index (Phi) is 3.22. The van der Waals surface area contributed by atoms with E-state index in [0.717, 1.165) is 30.8 Å². The number of furan rings is 1. The molecule has 0 spiro atoms. The highest BCUT2D eigenvalue weighted by Crippen LogP contribution is 2.25. The molecule has 1 amide bonds. The normalized spacial score (nSPS) is 13.5. The van der Waals surface area contributed by atoms with Crippen LogP contribution in [-0.2, 0) is 6.42 Å². The van der Waals surface area contributed by atoms with Crippen molar-refractivity contribution < 1.29 is 9.21 Å². The molecule has 1 aromatic carbocycles. The van der Waals surface area contributed by atoms with Gasteiger partial charge < -0.3 is 15.1 Å². The summed E-state index contributed by atoms with van der Waals surface area (Å²) in [5.74, 6) is 1.28. The second kappa shape index (κ2) is 5.04. The van der Waals surface area contributed by atoms with Gasteiger partial charge in [0.25, 0.3) is 5.91 Å². The standard InChI is InChI=1S/C16H18N2O2/c1-10-8-14(11(2)20-10)16(19)18-13-5-6-15-12(9-13)4-3-7-17-15/h5-6,8-9,17H,3-4,7H2,1-2H3,(H,18,19). The molecule has 1 aliphatic rings. The molecule has 0 unspecified atom stereocenters. The molecule has 3 rings (SSSR count). The second-order valence-corrected chi connectivity index (χ2v) is 5.18. The maximum Gasteiger partial charge on any atom is 0.259 e. The van der Waals surface area contributed by atoms with Crippen LogP contribution >= 0.6 is 0 Å². The third-order valence-corrected chi connectivity index (χ3v) is 3.59. The molecule has 1 aliphatic heterocycles. The summed E-state index contributed by atoms with van der Waals surface area (Å²) < 4.78 is 5.39. The minimum absolute atomic E-state index is 0.122. The van der Waals surface area contributed by atoms with E-state index in [-0.39, 0.29) is 5.91 Å². The molecule has 2 heterocycles. The van der Waals surface area contributed by atoms with Crippen molar-refractivity contribution >= 4 is 17.3 Å². The van der Waals surface area contributed by atoms with Crippen molar-refractivity contribution in [3.05, 3.63) is 46.9 Å². The molecule has 0 aliphatic carbocycles. The van der Waals surface area contributed by atoms with Crippen LogP contribution in [0.4, 0.5) is 11.4 Å². The molecule has 4 heteroatoms. The SMILES string of the molecule is Cc1cc(C(=O)Nc2ccc3c(c2)CCCN3)c(C)o1. The van der Waals surface area contributed by atoms with Crippen molar-refractivity contribution in [2.45, 2.75) is 26.7 Å². The van der Waals surface area contributed by atoms with Gasteiger partial charge in [-0.15, -0.1) is 0 Å². The van der Waals surface area contributed by atoms with E-state index in [1.165, 1.54) is 11.3 Å². The highest BCUT2D eigenvalue weighted by atomic mass is 16.3. The Balaban J connectivity index is 1.81. The maximum atomic E-state index is 12.2. The zero-order valence-electron chi connectivity index (χ0n) is 11.7. The molecular weight excluding hydrogens is 252 g/mol. The van der Waals surface area contributed by atoms with E-state index in [0.29, 0.717) is 11.3 Å². The number of benzene rings is 1. The molecule has 0 bridgehead atoms. The van der Waals surface area contributed by atoms with Gasteiger partial charge in [-0.05, 0) is 56.5 Å². The van der Waals surface area contributed by atoms with Crippen molar-refractivity contribution in [3.8, 4) is 0 Å².